The van der Waals surface area contributed by atoms with Crippen molar-refractivity contribution in [2.45, 2.75) is 12.8 Å². The van der Waals surface area contributed by atoms with E-state index in [-0.39, 0.29) is 0 Å². The van der Waals surface area contributed by atoms with Gasteiger partial charge in [-0.15, -0.1) is 11.3 Å². The number of nitrogens with zero attached hydrogens (tertiary/aromatic N) is 2. The molecule has 0 spiro atoms. The van der Waals surface area contributed by atoms with Crippen LogP contribution in [0.15, 0.2) is 29.8 Å². The Bertz CT molecular complexity index is 560. The first kappa shape index (κ1) is 12.9. The molecule has 1 atom stereocenters. The molecule has 0 aliphatic carbocycles. The fourth-order valence-corrected chi connectivity index (χ4v) is 2.47. The zero-order chi connectivity index (χ0) is 13.0. The third-order valence-electron chi connectivity index (χ3n) is 2.57. The second-order valence-electron chi connectivity index (χ2n) is 3.96. The summed E-state index contributed by atoms with van der Waals surface area (Å²) in [5.74, 6) is 0.347. The van der Waals surface area contributed by atoms with Crippen LogP contribution in [0.3, 0.4) is 0 Å². The lowest BCUT2D eigenvalue weighted by Crippen LogP contribution is -2.09. The Morgan fingerprint density at radius 3 is 3.00 bits per heavy atom. The molecule has 18 heavy (non-hydrogen) atoms. The Labute approximate surface area is 115 Å². The van der Waals surface area contributed by atoms with E-state index in [0.717, 1.165) is 17.2 Å². The van der Waals surface area contributed by atoms with E-state index < -0.39 is 0 Å². The molecule has 5 heteroatoms. The molecule has 1 aromatic heterocycles. The van der Waals surface area contributed by atoms with Crippen molar-refractivity contribution in [3.05, 3.63) is 45.4 Å². The lowest BCUT2D eigenvalue weighted by molar-refractivity contribution is 0.795. The number of aromatic nitrogens is 1. The average Bonchev–Trinajstić information content (AvgIpc) is 2.90. The van der Waals surface area contributed by atoms with Crippen LogP contribution in [0, 0.1) is 11.3 Å². The Morgan fingerprint density at radius 2 is 2.39 bits per heavy atom. The monoisotopic (exact) mass is 277 g/mol. The van der Waals surface area contributed by atoms with Crippen molar-refractivity contribution in [3.63, 3.8) is 0 Å². The van der Waals surface area contributed by atoms with E-state index in [1.807, 2.05) is 23.7 Å². The predicted molar refractivity (Wildman–Crippen MR) is 75.2 cm³/mol. The SMILES string of the molecule is CC(CNc1ccc(C#N)c(Cl)c1)c1nccs1. The Hall–Kier alpha value is -1.57. The van der Waals surface area contributed by atoms with Crippen molar-refractivity contribution in [3.8, 4) is 6.07 Å². The van der Waals surface area contributed by atoms with E-state index in [9.17, 15) is 0 Å². The molecule has 0 radical (unpaired) electrons. The summed E-state index contributed by atoms with van der Waals surface area (Å²) < 4.78 is 0. The minimum absolute atomic E-state index is 0.347. The number of nitriles is 1. The molecule has 1 N–H and O–H groups in total. The van der Waals surface area contributed by atoms with E-state index >= 15 is 0 Å². The number of hydrogen-bond acceptors (Lipinski definition) is 4. The number of nitrogens with one attached hydrogen (secondary N) is 1. The minimum atomic E-state index is 0.347. The summed E-state index contributed by atoms with van der Waals surface area (Å²) >= 11 is 7.63. The summed E-state index contributed by atoms with van der Waals surface area (Å²) in [4.78, 5) is 4.28. The molecule has 2 aromatic rings. The molecular formula is C13H12ClN3S. The van der Waals surface area contributed by atoms with Crippen LogP contribution in [0.25, 0.3) is 0 Å². The summed E-state index contributed by atoms with van der Waals surface area (Å²) in [6, 6.07) is 7.40. The lowest BCUT2D eigenvalue weighted by Gasteiger charge is -2.11. The molecule has 0 bridgehead atoms. The topological polar surface area (TPSA) is 48.7 Å². The molecule has 0 aliphatic heterocycles. The maximum Gasteiger partial charge on any atom is 0.101 e. The fraction of sp³-hybridized carbons (Fsp3) is 0.231. The van der Waals surface area contributed by atoms with Gasteiger partial charge in [0.05, 0.1) is 15.6 Å². The Morgan fingerprint density at radius 1 is 1.56 bits per heavy atom. The third-order valence-corrected chi connectivity index (χ3v) is 3.89. The number of hydrogen-bond donors (Lipinski definition) is 1. The average molecular weight is 278 g/mol. The van der Waals surface area contributed by atoms with Gasteiger partial charge in [0, 0.05) is 29.7 Å². The highest BCUT2D eigenvalue weighted by Gasteiger charge is 2.08. The van der Waals surface area contributed by atoms with Crippen LogP contribution in [0.1, 0.15) is 23.4 Å². The standard InChI is InChI=1S/C13H12ClN3S/c1-9(13-16-4-5-18-13)8-17-11-3-2-10(7-15)12(14)6-11/h2-6,9,17H,8H2,1H3. The van der Waals surface area contributed by atoms with Gasteiger partial charge in [0.2, 0.25) is 0 Å². The van der Waals surface area contributed by atoms with Gasteiger partial charge in [-0.3, -0.25) is 0 Å². The molecule has 3 nitrogen and oxygen atoms in total. The highest BCUT2D eigenvalue weighted by molar-refractivity contribution is 7.09. The second-order valence-corrected chi connectivity index (χ2v) is 5.29. The molecule has 0 fully saturated rings. The number of anilines is 1. The highest BCUT2D eigenvalue weighted by Crippen LogP contribution is 2.22. The van der Waals surface area contributed by atoms with Gasteiger partial charge in [0.25, 0.3) is 0 Å². The maximum atomic E-state index is 8.79. The van der Waals surface area contributed by atoms with Gasteiger partial charge in [-0.2, -0.15) is 5.26 Å². The molecule has 0 saturated heterocycles. The molecule has 0 aliphatic rings. The van der Waals surface area contributed by atoms with Crippen molar-refractivity contribution < 1.29 is 0 Å². The first-order chi connectivity index (χ1) is 8.70. The number of thiazole rings is 1. The molecule has 92 valence electrons. The van der Waals surface area contributed by atoms with Crippen molar-refractivity contribution in [1.82, 2.24) is 4.98 Å². The van der Waals surface area contributed by atoms with E-state index in [1.54, 1.807) is 23.5 Å². The van der Waals surface area contributed by atoms with E-state index in [2.05, 4.69) is 17.2 Å². The van der Waals surface area contributed by atoms with Crippen LogP contribution in [-0.2, 0) is 0 Å². The van der Waals surface area contributed by atoms with Gasteiger partial charge >= 0.3 is 0 Å². The molecular weight excluding hydrogens is 266 g/mol. The zero-order valence-corrected chi connectivity index (χ0v) is 11.4. The van der Waals surface area contributed by atoms with Crippen LogP contribution in [-0.4, -0.2) is 11.5 Å². The molecule has 1 heterocycles. The molecule has 1 aromatic carbocycles. The minimum Gasteiger partial charge on any atom is -0.384 e. The van der Waals surface area contributed by atoms with E-state index in [4.69, 9.17) is 16.9 Å². The predicted octanol–water partition coefficient (Wildman–Crippen LogP) is 3.88. The number of halogens is 1. The largest absolute Gasteiger partial charge is 0.384 e. The molecule has 1 unspecified atom stereocenters. The van der Waals surface area contributed by atoms with Crippen LogP contribution in [0.5, 0.6) is 0 Å². The van der Waals surface area contributed by atoms with Crippen LogP contribution in [0.2, 0.25) is 5.02 Å². The van der Waals surface area contributed by atoms with Crippen molar-refractivity contribution in [1.29, 1.82) is 5.26 Å². The zero-order valence-electron chi connectivity index (χ0n) is 9.85. The summed E-state index contributed by atoms with van der Waals surface area (Å²) in [5.41, 5.74) is 1.41. The van der Waals surface area contributed by atoms with Crippen molar-refractivity contribution >= 4 is 28.6 Å². The van der Waals surface area contributed by atoms with E-state index in [0.29, 0.717) is 16.5 Å². The van der Waals surface area contributed by atoms with Crippen LogP contribution in [0.4, 0.5) is 5.69 Å². The first-order valence-electron chi connectivity index (χ1n) is 5.53. The molecule has 2 rings (SSSR count). The maximum absolute atomic E-state index is 8.79. The fourth-order valence-electron chi connectivity index (χ4n) is 1.55. The third kappa shape index (κ3) is 3.00. The van der Waals surface area contributed by atoms with Crippen LogP contribution >= 0.6 is 22.9 Å². The van der Waals surface area contributed by atoms with Crippen molar-refractivity contribution in [2.75, 3.05) is 11.9 Å². The summed E-state index contributed by atoms with van der Waals surface area (Å²) in [7, 11) is 0. The summed E-state index contributed by atoms with van der Waals surface area (Å²) in [6.07, 6.45) is 1.81. The molecule has 0 saturated carbocycles. The second kappa shape index (κ2) is 5.85. The normalized spacial score (nSPS) is 11.8. The van der Waals surface area contributed by atoms with Gasteiger partial charge in [-0.1, -0.05) is 18.5 Å². The number of rotatable bonds is 4. The number of benzene rings is 1. The Kier molecular flexibility index (Phi) is 4.19. The van der Waals surface area contributed by atoms with Crippen LogP contribution < -0.4 is 5.32 Å². The van der Waals surface area contributed by atoms with Gasteiger partial charge in [0.15, 0.2) is 0 Å². The van der Waals surface area contributed by atoms with Gasteiger partial charge in [-0.05, 0) is 18.2 Å². The highest BCUT2D eigenvalue weighted by atomic mass is 35.5. The van der Waals surface area contributed by atoms with Gasteiger partial charge < -0.3 is 5.32 Å². The van der Waals surface area contributed by atoms with Crippen molar-refractivity contribution in [2.24, 2.45) is 0 Å². The lowest BCUT2D eigenvalue weighted by atomic mass is 10.1. The quantitative estimate of drug-likeness (QED) is 0.922. The van der Waals surface area contributed by atoms with Gasteiger partial charge in [0.1, 0.15) is 6.07 Å². The summed E-state index contributed by atoms with van der Waals surface area (Å²) in [6.45, 7) is 2.91. The smallest absolute Gasteiger partial charge is 0.101 e. The molecule has 0 amide bonds. The van der Waals surface area contributed by atoms with E-state index in [1.165, 1.54) is 0 Å². The van der Waals surface area contributed by atoms with Gasteiger partial charge in [-0.25, -0.2) is 4.98 Å². The first-order valence-corrected chi connectivity index (χ1v) is 6.79. The summed E-state index contributed by atoms with van der Waals surface area (Å²) in [5, 5.41) is 15.7. The Balaban J connectivity index is 1.99.